The summed E-state index contributed by atoms with van der Waals surface area (Å²) in [6, 6.07) is 39.7. The van der Waals surface area contributed by atoms with Gasteiger partial charge in [0.05, 0.1) is 18.4 Å². The number of nitrogens with zero attached hydrogens (tertiary/aromatic N) is 2. The van der Waals surface area contributed by atoms with Crippen LogP contribution in [-0.4, -0.2) is 13.7 Å². The van der Waals surface area contributed by atoms with E-state index in [0.29, 0.717) is 0 Å². The van der Waals surface area contributed by atoms with Crippen LogP contribution in [0.15, 0.2) is 109 Å². The minimum atomic E-state index is 0.846. The minimum absolute atomic E-state index is 0.846. The van der Waals surface area contributed by atoms with Gasteiger partial charge in [-0.3, -0.25) is 9.38 Å². The Balaban J connectivity index is 1.62. The van der Waals surface area contributed by atoms with Crippen LogP contribution in [0.4, 0.5) is 17.1 Å². The Labute approximate surface area is 183 Å². The van der Waals surface area contributed by atoms with E-state index in [1.54, 1.807) is 0 Å². The summed E-state index contributed by atoms with van der Waals surface area (Å²) in [7, 11) is 2.35. The first-order valence-corrected chi connectivity index (χ1v) is 10.9. The Bertz CT molecular complexity index is 1410. The van der Waals surface area contributed by atoms with Gasteiger partial charge < -0.3 is 0 Å². The first-order valence-electron chi connectivity index (χ1n) is 10.9. The number of quaternary nitrogens is 1. The van der Waals surface area contributed by atoms with Gasteiger partial charge in [-0.2, -0.15) is 0 Å². The van der Waals surface area contributed by atoms with E-state index in [1.165, 1.54) is 44.2 Å². The van der Waals surface area contributed by atoms with Crippen molar-refractivity contribution >= 4 is 38.6 Å². The molecule has 0 radical (unpaired) electrons. The Kier molecular flexibility index (Phi) is 4.09. The Morgan fingerprint density at radius 2 is 1.26 bits per heavy atom. The minimum Gasteiger partial charge on any atom is -0.293 e. The quantitative estimate of drug-likeness (QED) is 0.223. The molecule has 1 unspecified atom stereocenters. The lowest BCUT2D eigenvalue weighted by molar-refractivity contribution is 0.316. The molecule has 1 aliphatic heterocycles. The lowest BCUT2D eigenvalue weighted by Gasteiger charge is -2.44. The van der Waals surface area contributed by atoms with Crippen molar-refractivity contribution in [3.8, 4) is 0 Å². The van der Waals surface area contributed by atoms with E-state index in [-0.39, 0.29) is 0 Å². The van der Waals surface area contributed by atoms with E-state index in [2.05, 4.69) is 121 Å². The molecule has 31 heavy (non-hydrogen) atoms. The predicted molar refractivity (Wildman–Crippen MR) is 133 cm³/mol. The maximum Gasteiger partial charge on any atom is 0.163 e. The number of para-hydroxylation sites is 2. The molecule has 0 bridgehead atoms. The van der Waals surface area contributed by atoms with Gasteiger partial charge in [0.15, 0.2) is 6.67 Å². The molecule has 0 aromatic heterocycles. The zero-order valence-electron chi connectivity index (χ0n) is 17.7. The Hall–Kier alpha value is -3.62. The number of fused-ring (bicyclic) bond motifs is 4. The third kappa shape index (κ3) is 2.91. The average Bonchev–Trinajstić information content (AvgIpc) is 2.83. The molecular weight excluding hydrogens is 376 g/mol. The maximum atomic E-state index is 2.53. The molecule has 0 saturated heterocycles. The molecule has 0 saturated carbocycles. The summed E-state index contributed by atoms with van der Waals surface area (Å²) >= 11 is 0. The van der Waals surface area contributed by atoms with Crippen LogP contribution in [0.1, 0.15) is 5.56 Å². The third-order valence-corrected chi connectivity index (χ3v) is 6.67. The molecule has 0 aliphatic carbocycles. The van der Waals surface area contributed by atoms with Gasteiger partial charge in [0.2, 0.25) is 0 Å². The highest BCUT2D eigenvalue weighted by Crippen LogP contribution is 2.43. The van der Waals surface area contributed by atoms with E-state index in [4.69, 9.17) is 0 Å². The fourth-order valence-electron chi connectivity index (χ4n) is 5.15. The van der Waals surface area contributed by atoms with Crippen LogP contribution in [0.25, 0.3) is 21.5 Å². The van der Waals surface area contributed by atoms with E-state index in [1.807, 2.05) is 0 Å². The molecule has 150 valence electrons. The molecule has 1 aliphatic rings. The number of rotatable bonds is 2. The standard InChI is InChI=1S/C29H25N2/c1-31(24-13-3-2-4-14-24)20-23-12-6-10-18-28(23)30(21-31)29-19-22-11-5-7-15-25(22)26-16-8-9-17-27(26)29/h2-19H,20-21H2,1H3/q+1. The van der Waals surface area contributed by atoms with Crippen molar-refractivity contribution in [2.45, 2.75) is 6.54 Å². The van der Waals surface area contributed by atoms with E-state index >= 15 is 0 Å². The van der Waals surface area contributed by atoms with Crippen LogP contribution >= 0.6 is 0 Å². The van der Waals surface area contributed by atoms with Crippen LogP contribution < -0.4 is 9.38 Å². The summed E-state index contributed by atoms with van der Waals surface area (Å²) in [5.74, 6) is 0. The second-order valence-electron chi connectivity index (χ2n) is 8.75. The van der Waals surface area contributed by atoms with E-state index in [9.17, 15) is 0 Å². The summed E-state index contributed by atoms with van der Waals surface area (Å²) in [5.41, 5.74) is 5.32. The zero-order valence-corrected chi connectivity index (χ0v) is 17.7. The summed E-state index contributed by atoms with van der Waals surface area (Å²) in [6.07, 6.45) is 0. The third-order valence-electron chi connectivity index (χ3n) is 6.67. The molecular formula is C29H25N2+. The molecule has 1 heterocycles. The van der Waals surface area contributed by atoms with Gasteiger partial charge in [0.25, 0.3) is 0 Å². The van der Waals surface area contributed by atoms with Gasteiger partial charge in [0.1, 0.15) is 12.2 Å². The highest BCUT2D eigenvalue weighted by Gasteiger charge is 2.36. The largest absolute Gasteiger partial charge is 0.293 e. The molecule has 0 fully saturated rings. The smallest absolute Gasteiger partial charge is 0.163 e. The van der Waals surface area contributed by atoms with Crippen molar-refractivity contribution in [3.05, 3.63) is 115 Å². The normalized spacial score (nSPS) is 18.3. The van der Waals surface area contributed by atoms with Crippen LogP contribution in [0, 0.1) is 0 Å². The molecule has 0 spiro atoms. The Morgan fingerprint density at radius 1 is 0.613 bits per heavy atom. The molecule has 5 aromatic carbocycles. The van der Waals surface area contributed by atoms with Gasteiger partial charge in [-0.1, -0.05) is 84.9 Å². The molecule has 0 N–H and O–H groups in total. The Morgan fingerprint density at radius 3 is 2.10 bits per heavy atom. The van der Waals surface area contributed by atoms with Crippen LogP contribution in [0.2, 0.25) is 0 Å². The second-order valence-corrected chi connectivity index (χ2v) is 8.75. The van der Waals surface area contributed by atoms with Crippen molar-refractivity contribution < 1.29 is 0 Å². The molecule has 6 rings (SSSR count). The van der Waals surface area contributed by atoms with E-state index in [0.717, 1.165) is 17.7 Å². The van der Waals surface area contributed by atoms with Crippen molar-refractivity contribution in [1.82, 2.24) is 4.48 Å². The monoisotopic (exact) mass is 401 g/mol. The molecule has 0 amide bonds. The molecule has 1 atom stereocenters. The fraction of sp³-hybridized carbons (Fsp3) is 0.103. The van der Waals surface area contributed by atoms with Crippen LogP contribution in [0.5, 0.6) is 0 Å². The molecule has 5 aromatic rings. The van der Waals surface area contributed by atoms with Crippen LogP contribution in [-0.2, 0) is 6.54 Å². The molecule has 2 nitrogen and oxygen atoms in total. The maximum absolute atomic E-state index is 2.53. The highest BCUT2D eigenvalue weighted by molar-refractivity contribution is 6.13. The summed E-state index contributed by atoms with van der Waals surface area (Å²) in [4.78, 5) is 2.53. The zero-order chi connectivity index (χ0) is 20.8. The summed E-state index contributed by atoms with van der Waals surface area (Å²) in [5, 5.41) is 5.21. The number of benzene rings is 5. The van der Waals surface area contributed by atoms with Crippen molar-refractivity contribution in [1.29, 1.82) is 0 Å². The average molecular weight is 402 g/mol. The molecule has 2 heteroatoms. The number of anilines is 2. The topological polar surface area (TPSA) is 3.24 Å². The fourth-order valence-corrected chi connectivity index (χ4v) is 5.15. The summed E-state index contributed by atoms with van der Waals surface area (Å²) < 4.78 is 0.846. The lowest BCUT2D eigenvalue weighted by Crippen LogP contribution is -2.54. The van der Waals surface area contributed by atoms with Crippen LogP contribution in [0.3, 0.4) is 0 Å². The summed E-state index contributed by atoms with van der Waals surface area (Å²) in [6.45, 7) is 1.88. The first kappa shape index (κ1) is 18.2. The highest BCUT2D eigenvalue weighted by atomic mass is 15.5. The van der Waals surface area contributed by atoms with Crippen molar-refractivity contribution in [2.75, 3.05) is 18.6 Å². The van der Waals surface area contributed by atoms with Gasteiger partial charge >= 0.3 is 0 Å². The predicted octanol–water partition coefficient (Wildman–Crippen LogP) is 7.24. The van der Waals surface area contributed by atoms with Gasteiger partial charge in [-0.25, -0.2) is 0 Å². The van der Waals surface area contributed by atoms with Gasteiger partial charge in [0, 0.05) is 10.9 Å². The van der Waals surface area contributed by atoms with Crippen molar-refractivity contribution in [2.24, 2.45) is 0 Å². The second kappa shape index (κ2) is 6.97. The van der Waals surface area contributed by atoms with Gasteiger partial charge in [-0.15, -0.1) is 0 Å². The van der Waals surface area contributed by atoms with Gasteiger partial charge in [-0.05, 0) is 40.4 Å². The van der Waals surface area contributed by atoms with E-state index < -0.39 is 0 Å². The number of hydrogen-bond donors (Lipinski definition) is 0. The number of hydrogen-bond acceptors (Lipinski definition) is 1. The lowest BCUT2D eigenvalue weighted by atomic mass is 9.98. The van der Waals surface area contributed by atoms with Crippen molar-refractivity contribution in [3.63, 3.8) is 0 Å². The SMILES string of the molecule is C[N+]1(c2ccccc2)Cc2ccccc2N(c2cc3ccccc3c3ccccc23)C1. The first-order chi connectivity index (χ1) is 15.2.